The third-order valence-electron chi connectivity index (χ3n) is 6.09. The van der Waals surface area contributed by atoms with E-state index in [1.165, 1.54) is 6.20 Å². The first kappa shape index (κ1) is 25.5. The number of amides is 2. The Labute approximate surface area is 215 Å². The first-order chi connectivity index (χ1) is 17.4. The molecule has 0 spiro atoms. The summed E-state index contributed by atoms with van der Waals surface area (Å²) in [6.45, 7) is 1.78. The Balaban J connectivity index is 1.48. The highest BCUT2D eigenvalue weighted by Gasteiger charge is 2.27. The van der Waals surface area contributed by atoms with Gasteiger partial charge in [-0.2, -0.15) is 0 Å². The molecule has 0 aliphatic carbocycles. The molecule has 1 aromatic heterocycles. The topological polar surface area (TPSA) is 98.0 Å². The van der Waals surface area contributed by atoms with Crippen molar-refractivity contribution in [1.82, 2.24) is 4.98 Å². The van der Waals surface area contributed by atoms with Gasteiger partial charge in [-0.15, -0.1) is 0 Å². The van der Waals surface area contributed by atoms with Crippen LogP contribution in [0.25, 0.3) is 0 Å². The SMILES string of the molecule is CN1CCN(c2cccc(COC(CCCOC(N)=O)c3ccccc3)c2)C(=O)c2cnc(Cl)cc21. The van der Waals surface area contributed by atoms with Gasteiger partial charge in [-0.05, 0) is 42.2 Å². The number of carbonyl (C=O) groups is 2. The standard InChI is InChI=1S/C27H29ClN4O4/c1-31-12-13-32(26(33)22-17-30-25(28)16-23(22)31)21-10-5-7-19(15-21)18-36-24(11-6-14-35-27(29)34)20-8-3-2-4-9-20/h2-5,7-10,15-17,24H,6,11-14,18H2,1H3,(H2,29,34). The van der Waals surface area contributed by atoms with E-state index in [0.29, 0.717) is 43.3 Å². The van der Waals surface area contributed by atoms with Crippen LogP contribution in [0.1, 0.15) is 40.4 Å². The molecular formula is C27H29ClN4O4. The van der Waals surface area contributed by atoms with Crippen LogP contribution in [0.4, 0.5) is 16.2 Å². The van der Waals surface area contributed by atoms with Gasteiger partial charge in [0.15, 0.2) is 0 Å². The largest absolute Gasteiger partial charge is 0.450 e. The van der Waals surface area contributed by atoms with Crippen molar-refractivity contribution < 1.29 is 19.1 Å². The molecule has 1 aliphatic heterocycles. The molecule has 1 unspecified atom stereocenters. The molecule has 2 amide bonds. The van der Waals surface area contributed by atoms with E-state index in [-0.39, 0.29) is 18.6 Å². The van der Waals surface area contributed by atoms with Gasteiger partial charge in [0, 0.05) is 32.0 Å². The van der Waals surface area contributed by atoms with Crippen LogP contribution in [0.2, 0.25) is 5.15 Å². The monoisotopic (exact) mass is 508 g/mol. The molecule has 188 valence electrons. The lowest BCUT2D eigenvalue weighted by Crippen LogP contribution is -2.33. The number of nitrogens with two attached hydrogens (primary N) is 1. The predicted octanol–water partition coefficient (Wildman–Crippen LogP) is 4.97. The van der Waals surface area contributed by atoms with Gasteiger partial charge < -0.3 is 25.0 Å². The van der Waals surface area contributed by atoms with Crippen LogP contribution in [0.5, 0.6) is 0 Å². The zero-order valence-electron chi connectivity index (χ0n) is 20.1. The molecule has 1 atom stereocenters. The number of likely N-dealkylation sites (N-methyl/N-ethyl adjacent to an activating group) is 1. The Morgan fingerprint density at radius 1 is 1.14 bits per heavy atom. The average molecular weight is 509 g/mol. The maximum atomic E-state index is 13.4. The lowest BCUT2D eigenvalue weighted by molar-refractivity contribution is 0.0287. The van der Waals surface area contributed by atoms with E-state index in [2.05, 4.69) is 4.98 Å². The smallest absolute Gasteiger partial charge is 0.404 e. The van der Waals surface area contributed by atoms with Crippen LogP contribution in [0, 0.1) is 0 Å². The molecule has 9 heteroatoms. The van der Waals surface area contributed by atoms with Crippen molar-refractivity contribution in [3.05, 3.63) is 88.7 Å². The van der Waals surface area contributed by atoms with Crippen LogP contribution in [-0.2, 0) is 16.1 Å². The Hall–Kier alpha value is -3.62. The lowest BCUT2D eigenvalue weighted by atomic mass is 10.0. The molecular weight excluding hydrogens is 480 g/mol. The van der Waals surface area contributed by atoms with Crippen molar-refractivity contribution in [2.24, 2.45) is 5.73 Å². The summed E-state index contributed by atoms with van der Waals surface area (Å²) in [6, 6.07) is 19.4. The van der Waals surface area contributed by atoms with Crippen LogP contribution in [0.3, 0.4) is 0 Å². The van der Waals surface area contributed by atoms with E-state index in [9.17, 15) is 9.59 Å². The third kappa shape index (κ3) is 6.33. The number of hydrogen-bond donors (Lipinski definition) is 1. The average Bonchev–Trinajstić information content (AvgIpc) is 3.00. The fraction of sp³-hybridized carbons (Fsp3) is 0.296. The Morgan fingerprint density at radius 3 is 2.72 bits per heavy atom. The maximum absolute atomic E-state index is 13.4. The number of fused-ring (bicyclic) bond motifs is 1. The molecule has 0 radical (unpaired) electrons. The van der Waals surface area contributed by atoms with Gasteiger partial charge in [-0.25, -0.2) is 9.78 Å². The second-order valence-corrected chi connectivity index (χ2v) is 8.98. The Bertz CT molecular complexity index is 1210. The zero-order chi connectivity index (χ0) is 25.5. The number of nitrogens with zero attached hydrogens (tertiary/aromatic N) is 3. The molecule has 2 aromatic carbocycles. The van der Waals surface area contributed by atoms with Crippen molar-refractivity contribution >= 4 is 35.0 Å². The van der Waals surface area contributed by atoms with Gasteiger partial charge in [0.05, 0.1) is 30.6 Å². The molecule has 2 N–H and O–H groups in total. The fourth-order valence-corrected chi connectivity index (χ4v) is 4.38. The number of halogens is 1. The van der Waals surface area contributed by atoms with Crippen LogP contribution >= 0.6 is 11.6 Å². The summed E-state index contributed by atoms with van der Waals surface area (Å²) >= 11 is 6.07. The quantitative estimate of drug-likeness (QED) is 0.324. The second-order valence-electron chi connectivity index (χ2n) is 8.59. The summed E-state index contributed by atoms with van der Waals surface area (Å²) in [4.78, 5) is 32.1. The van der Waals surface area contributed by atoms with E-state index >= 15 is 0 Å². The van der Waals surface area contributed by atoms with Gasteiger partial charge >= 0.3 is 6.09 Å². The highest BCUT2D eigenvalue weighted by atomic mass is 35.5. The van der Waals surface area contributed by atoms with Crippen LogP contribution < -0.4 is 15.5 Å². The van der Waals surface area contributed by atoms with E-state index in [4.69, 9.17) is 26.8 Å². The predicted molar refractivity (Wildman–Crippen MR) is 139 cm³/mol. The molecule has 0 fully saturated rings. The number of anilines is 2. The normalized spacial score (nSPS) is 14.2. The minimum Gasteiger partial charge on any atom is -0.450 e. The van der Waals surface area contributed by atoms with Crippen molar-refractivity contribution in [2.45, 2.75) is 25.6 Å². The van der Waals surface area contributed by atoms with E-state index in [1.807, 2.05) is 66.5 Å². The number of pyridine rings is 1. The van der Waals surface area contributed by atoms with Crippen molar-refractivity contribution in [3.63, 3.8) is 0 Å². The first-order valence-corrected chi connectivity index (χ1v) is 12.2. The van der Waals surface area contributed by atoms with Gasteiger partial charge in [-0.1, -0.05) is 54.1 Å². The number of primary amides is 1. The minimum absolute atomic E-state index is 0.117. The fourth-order valence-electron chi connectivity index (χ4n) is 4.23. The summed E-state index contributed by atoms with van der Waals surface area (Å²) in [6.07, 6.45) is 1.87. The Morgan fingerprint density at radius 2 is 1.94 bits per heavy atom. The first-order valence-electron chi connectivity index (χ1n) is 11.8. The maximum Gasteiger partial charge on any atom is 0.404 e. The number of rotatable bonds is 9. The van der Waals surface area contributed by atoms with Gasteiger partial charge in [-0.3, -0.25) is 4.79 Å². The summed E-state index contributed by atoms with van der Waals surface area (Å²) in [5, 5.41) is 0.357. The third-order valence-corrected chi connectivity index (χ3v) is 6.30. The highest BCUT2D eigenvalue weighted by Crippen LogP contribution is 2.30. The molecule has 3 aromatic rings. The van der Waals surface area contributed by atoms with E-state index < -0.39 is 6.09 Å². The van der Waals surface area contributed by atoms with Gasteiger partial charge in [0.2, 0.25) is 0 Å². The number of hydrogen-bond acceptors (Lipinski definition) is 6. The van der Waals surface area contributed by atoms with Crippen molar-refractivity contribution in [1.29, 1.82) is 0 Å². The van der Waals surface area contributed by atoms with Crippen LogP contribution in [0.15, 0.2) is 66.9 Å². The zero-order valence-corrected chi connectivity index (χ0v) is 20.9. The summed E-state index contributed by atoms with van der Waals surface area (Å²) < 4.78 is 11.2. The molecule has 4 rings (SSSR count). The van der Waals surface area contributed by atoms with E-state index in [1.54, 1.807) is 11.0 Å². The summed E-state index contributed by atoms with van der Waals surface area (Å²) in [5.41, 5.74) is 9.13. The number of carbonyl (C=O) groups excluding carboxylic acids is 2. The van der Waals surface area contributed by atoms with Crippen LogP contribution in [-0.4, -0.2) is 43.7 Å². The molecule has 36 heavy (non-hydrogen) atoms. The molecule has 1 aliphatic rings. The van der Waals surface area contributed by atoms with Gasteiger partial charge in [0.25, 0.3) is 5.91 Å². The van der Waals surface area contributed by atoms with Gasteiger partial charge in [0.1, 0.15) is 5.15 Å². The lowest BCUT2D eigenvalue weighted by Gasteiger charge is -2.23. The number of benzene rings is 2. The minimum atomic E-state index is -0.778. The van der Waals surface area contributed by atoms with E-state index in [0.717, 1.165) is 22.5 Å². The molecule has 2 heterocycles. The number of aromatic nitrogens is 1. The molecule has 0 saturated carbocycles. The summed E-state index contributed by atoms with van der Waals surface area (Å²) in [7, 11) is 1.94. The summed E-state index contributed by atoms with van der Waals surface area (Å²) in [5.74, 6) is -0.117. The Kier molecular flexibility index (Phi) is 8.40. The molecule has 0 saturated heterocycles. The van der Waals surface area contributed by atoms with Crippen molar-refractivity contribution in [3.8, 4) is 0 Å². The molecule has 0 bridgehead atoms. The second kappa shape index (κ2) is 11.9. The number of ether oxygens (including phenoxy) is 2. The molecule has 8 nitrogen and oxygen atoms in total. The van der Waals surface area contributed by atoms with Crippen molar-refractivity contribution in [2.75, 3.05) is 36.5 Å². The highest BCUT2D eigenvalue weighted by molar-refractivity contribution is 6.30.